The minimum Gasteiger partial charge on any atom is -0.452 e. The highest BCUT2D eigenvalue weighted by molar-refractivity contribution is 6.29. The van der Waals surface area contributed by atoms with Crippen molar-refractivity contribution in [2.45, 2.75) is 31.4 Å². The van der Waals surface area contributed by atoms with Crippen LogP contribution in [0.2, 0.25) is 0 Å². The summed E-state index contributed by atoms with van der Waals surface area (Å²) < 4.78 is 38.0. The molecule has 0 unspecified atom stereocenters. The zero-order valence-corrected chi connectivity index (χ0v) is 10.1. The van der Waals surface area contributed by atoms with Gasteiger partial charge in [0.15, 0.2) is 0 Å². The molecule has 104 valence electrons. The van der Waals surface area contributed by atoms with Crippen LogP contribution in [0, 0.1) is 0 Å². The van der Waals surface area contributed by atoms with Crippen LogP contribution in [0.3, 0.4) is 0 Å². The Labute approximate surface area is 107 Å². The smallest absolute Gasteiger partial charge is 0.421 e. The zero-order valence-electron chi connectivity index (χ0n) is 10.1. The summed E-state index contributed by atoms with van der Waals surface area (Å²) in [5.41, 5.74) is -2.52. The molecule has 1 fully saturated rings. The van der Waals surface area contributed by atoms with Crippen molar-refractivity contribution in [1.29, 1.82) is 0 Å². The first-order valence-electron chi connectivity index (χ1n) is 5.98. The van der Waals surface area contributed by atoms with E-state index in [2.05, 4.69) is 5.10 Å². The summed E-state index contributed by atoms with van der Waals surface area (Å²) in [6, 6.07) is 0.743. The molecule has 0 spiro atoms. The Hall–Kier alpha value is -1.51. The van der Waals surface area contributed by atoms with Crippen molar-refractivity contribution >= 4 is 13.3 Å². The number of rotatable bonds is 2. The molecule has 0 aromatic carbocycles. The first-order valence-corrected chi connectivity index (χ1v) is 5.98. The third kappa shape index (κ3) is 2.91. The van der Waals surface area contributed by atoms with E-state index in [-0.39, 0.29) is 19.2 Å². The van der Waals surface area contributed by atoms with E-state index in [1.165, 1.54) is 0 Å². The maximum atomic E-state index is 12.7. The van der Waals surface area contributed by atoms with Gasteiger partial charge in [-0.3, -0.25) is 4.79 Å². The van der Waals surface area contributed by atoms with Gasteiger partial charge in [0.25, 0.3) is 13.0 Å². The minimum absolute atomic E-state index is 0.0469. The largest absolute Gasteiger partial charge is 0.452 e. The van der Waals surface area contributed by atoms with E-state index in [1.54, 1.807) is 4.90 Å². The Bertz CT molecular complexity index is 506. The average Bonchev–Trinajstić information content (AvgIpc) is 2.38. The van der Waals surface area contributed by atoms with E-state index < -0.39 is 17.3 Å². The first kappa shape index (κ1) is 13.9. The molecule has 0 radical (unpaired) electrons. The monoisotopic (exact) mass is 275 g/mol. The van der Waals surface area contributed by atoms with Crippen LogP contribution in [-0.2, 0) is 6.18 Å². The Morgan fingerprint density at radius 2 is 2.21 bits per heavy atom. The van der Waals surface area contributed by atoms with Gasteiger partial charge in [-0.25, -0.2) is 5.10 Å². The maximum Gasteiger partial charge on any atom is 0.421 e. The quantitative estimate of drug-likeness (QED) is 0.769. The lowest BCUT2D eigenvalue weighted by Crippen LogP contribution is -2.44. The Kier molecular flexibility index (Phi) is 3.84. The highest BCUT2D eigenvalue weighted by atomic mass is 19.4. The molecule has 0 amide bonds. The fourth-order valence-corrected chi connectivity index (χ4v) is 2.24. The number of halogens is 3. The van der Waals surface area contributed by atoms with E-state index in [4.69, 9.17) is 0 Å². The van der Waals surface area contributed by atoms with Gasteiger partial charge in [0, 0.05) is 18.6 Å². The Morgan fingerprint density at radius 1 is 1.47 bits per heavy atom. The second kappa shape index (κ2) is 5.24. The van der Waals surface area contributed by atoms with E-state index in [0.29, 0.717) is 13.0 Å². The topological polar surface area (TPSA) is 69.2 Å². The molecule has 2 N–H and O–H groups in total. The van der Waals surface area contributed by atoms with Crippen molar-refractivity contribution in [3.8, 4) is 0 Å². The molecular weight excluding hydrogens is 262 g/mol. The van der Waals surface area contributed by atoms with Gasteiger partial charge in [-0.05, 0) is 12.8 Å². The van der Waals surface area contributed by atoms with Crippen LogP contribution in [0.15, 0.2) is 10.9 Å². The predicted molar refractivity (Wildman–Crippen MR) is 64.2 cm³/mol. The first-order chi connectivity index (χ1) is 8.93. The lowest BCUT2D eigenvalue weighted by atomic mass is 9.80. The summed E-state index contributed by atoms with van der Waals surface area (Å²) in [7, 11) is -0.151. The average molecular weight is 275 g/mol. The highest BCUT2D eigenvalue weighted by Gasteiger charge is 2.35. The molecule has 1 atom stereocenters. The third-order valence-corrected chi connectivity index (χ3v) is 3.23. The van der Waals surface area contributed by atoms with Crippen LogP contribution in [0.4, 0.5) is 19.0 Å². The van der Waals surface area contributed by atoms with E-state index >= 15 is 0 Å². The molecule has 19 heavy (non-hydrogen) atoms. The predicted octanol–water partition coefficient (Wildman–Crippen LogP) is 0.449. The van der Waals surface area contributed by atoms with Crippen molar-refractivity contribution in [2.24, 2.45) is 0 Å². The fourth-order valence-electron chi connectivity index (χ4n) is 2.24. The summed E-state index contributed by atoms with van der Waals surface area (Å²) >= 11 is 0. The molecule has 0 aliphatic carbocycles. The van der Waals surface area contributed by atoms with Crippen molar-refractivity contribution in [3.05, 3.63) is 22.0 Å². The van der Waals surface area contributed by atoms with Crippen molar-refractivity contribution < 1.29 is 18.2 Å². The molecule has 0 saturated carbocycles. The molecule has 9 heteroatoms. The van der Waals surface area contributed by atoms with Crippen LogP contribution >= 0.6 is 0 Å². The van der Waals surface area contributed by atoms with Gasteiger partial charge < -0.3 is 9.92 Å². The molecule has 1 aliphatic heterocycles. The molecule has 1 aliphatic rings. The molecule has 0 bridgehead atoms. The lowest BCUT2D eigenvalue weighted by molar-refractivity contribution is -0.138. The van der Waals surface area contributed by atoms with Crippen molar-refractivity contribution in [2.75, 3.05) is 11.4 Å². The van der Waals surface area contributed by atoms with E-state index in [0.717, 1.165) is 18.9 Å². The Balaban J connectivity index is 2.37. The van der Waals surface area contributed by atoms with Crippen LogP contribution in [0.5, 0.6) is 0 Å². The van der Waals surface area contributed by atoms with E-state index in [1.807, 2.05) is 5.10 Å². The standard InChI is InChI=1S/C10H13BF3N3O2/c12-10(13,14)6-5-8(15-16-9(6)18)17-4-2-1-3-7(17)11-19/h5,7,11,19H,1-4H2,(H,16,18)/t7-/m0/s1. The number of nitrogens with zero attached hydrogens (tertiary/aromatic N) is 2. The number of H-pyrrole nitrogens is 1. The van der Waals surface area contributed by atoms with Gasteiger partial charge in [0.1, 0.15) is 11.4 Å². The van der Waals surface area contributed by atoms with Crippen LogP contribution in [0.25, 0.3) is 0 Å². The van der Waals surface area contributed by atoms with Crippen molar-refractivity contribution in [1.82, 2.24) is 10.2 Å². The molecule has 1 aromatic rings. The molecular formula is C10H13BF3N3O2. The number of aromatic nitrogens is 2. The molecule has 1 saturated heterocycles. The number of anilines is 1. The van der Waals surface area contributed by atoms with Gasteiger partial charge in [-0.2, -0.15) is 18.3 Å². The van der Waals surface area contributed by atoms with Crippen LogP contribution < -0.4 is 10.5 Å². The van der Waals surface area contributed by atoms with Gasteiger partial charge in [-0.15, -0.1) is 0 Å². The lowest BCUT2D eigenvalue weighted by Gasteiger charge is -2.35. The summed E-state index contributed by atoms with van der Waals surface area (Å²) in [4.78, 5) is 12.8. The van der Waals surface area contributed by atoms with Crippen LogP contribution in [0.1, 0.15) is 24.8 Å². The number of alkyl halides is 3. The SMILES string of the molecule is O=c1[nH]nc(N2CCCC[C@H]2BO)cc1C(F)(F)F. The van der Waals surface area contributed by atoms with Gasteiger partial charge in [0.2, 0.25) is 0 Å². The summed E-state index contributed by atoms with van der Waals surface area (Å²) in [6.07, 6.45) is -2.29. The summed E-state index contributed by atoms with van der Waals surface area (Å²) in [5.74, 6) is -0.209. The van der Waals surface area contributed by atoms with Gasteiger partial charge >= 0.3 is 6.18 Å². The normalized spacial score (nSPS) is 20.4. The number of hydrogen-bond donors (Lipinski definition) is 2. The molecule has 2 rings (SSSR count). The fraction of sp³-hybridized carbons (Fsp3) is 0.600. The number of nitrogens with one attached hydrogen (secondary N) is 1. The third-order valence-electron chi connectivity index (χ3n) is 3.23. The highest BCUT2D eigenvalue weighted by Crippen LogP contribution is 2.29. The van der Waals surface area contributed by atoms with E-state index in [9.17, 15) is 23.0 Å². The molecule has 1 aromatic heterocycles. The van der Waals surface area contributed by atoms with Gasteiger partial charge in [0.05, 0.1) is 0 Å². The summed E-state index contributed by atoms with van der Waals surface area (Å²) in [6.45, 7) is 0.515. The number of piperidine rings is 1. The van der Waals surface area contributed by atoms with Crippen LogP contribution in [-0.4, -0.2) is 35.2 Å². The molecule has 2 heterocycles. The van der Waals surface area contributed by atoms with Gasteiger partial charge in [-0.1, -0.05) is 6.42 Å². The second-order valence-corrected chi connectivity index (χ2v) is 4.49. The zero-order chi connectivity index (χ0) is 14.0. The Morgan fingerprint density at radius 3 is 2.84 bits per heavy atom. The molecule has 5 nitrogen and oxygen atoms in total. The second-order valence-electron chi connectivity index (χ2n) is 4.49. The minimum atomic E-state index is -4.71. The van der Waals surface area contributed by atoms with Crippen molar-refractivity contribution in [3.63, 3.8) is 0 Å². The maximum absolute atomic E-state index is 12.7. The number of hydrogen-bond acceptors (Lipinski definition) is 4. The summed E-state index contributed by atoms with van der Waals surface area (Å²) in [5, 5.41) is 14.8. The number of aromatic amines is 1.